The Hall–Kier alpha value is -2.23. The zero-order valence-corrected chi connectivity index (χ0v) is 19.5. The Morgan fingerprint density at radius 2 is 1.81 bits per heavy atom. The van der Waals surface area contributed by atoms with Crippen molar-refractivity contribution in [3.63, 3.8) is 0 Å². The lowest BCUT2D eigenvalue weighted by atomic mass is 9.86. The minimum atomic E-state index is -2.54. The van der Waals surface area contributed by atoms with Gasteiger partial charge in [-0.05, 0) is 61.2 Å². The van der Waals surface area contributed by atoms with E-state index < -0.39 is 28.2 Å². The van der Waals surface area contributed by atoms with Gasteiger partial charge in [-0.1, -0.05) is 54.1 Å². The normalized spacial score (nSPS) is 23.0. The van der Waals surface area contributed by atoms with E-state index in [2.05, 4.69) is 0 Å². The van der Waals surface area contributed by atoms with Crippen LogP contribution in [-0.4, -0.2) is 31.9 Å². The van der Waals surface area contributed by atoms with E-state index in [9.17, 15) is 18.7 Å². The minimum Gasteiger partial charge on any atom is -0.479 e. The molecule has 3 aromatic rings. The first-order chi connectivity index (χ1) is 15.4. The lowest BCUT2D eigenvalue weighted by Gasteiger charge is -2.31. The van der Waals surface area contributed by atoms with Crippen LogP contribution in [0.4, 0.5) is 5.00 Å². The van der Waals surface area contributed by atoms with Gasteiger partial charge in [-0.3, -0.25) is 4.55 Å². The van der Waals surface area contributed by atoms with Gasteiger partial charge in [0.1, 0.15) is 5.00 Å². The molecule has 9 heteroatoms. The van der Waals surface area contributed by atoms with Crippen LogP contribution in [0.2, 0.25) is 5.02 Å². The number of hydrogen-bond donors (Lipinski definition) is 3. The number of nitrogens with zero attached hydrogens (tertiary/aromatic N) is 1. The Kier molecular flexibility index (Phi) is 6.42. The highest BCUT2D eigenvalue weighted by atomic mass is 35.5. The summed E-state index contributed by atoms with van der Waals surface area (Å²) in [4.78, 5) is 13.6. The maximum atomic E-state index is 12.7. The van der Waals surface area contributed by atoms with Crippen LogP contribution in [-0.2, 0) is 21.5 Å². The number of nitrogens with two attached hydrogens (primary N) is 1. The van der Waals surface area contributed by atoms with Gasteiger partial charge < -0.3 is 10.8 Å². The molecule has 1 heterocycles. The number of carboxylic acids is 1. The number of aliphatic carboxylic acids is 1. The molecule has 0 saturated heterocycles. The first kappa shape index (κ1) is 22.9. The van der Waals surface area contributed by atoms with Crippen LogP contribution in [0.5, 0.6) is 0 Å². The molecule has 4 N–H and O–H groups in total. The van der Waals surface area contributed by atoms with Crippen molar-refractivity contribution in [1.82, 2.24) is 0 Å². The van der Waals surface area contributed by atoms with E-state index in [-0.39, 0.29) is 6.42 Å². The molecule has 1 fully saturated rings. The topological polar surface area (TPSA) is 104 Å². The molecule has 0 radical (unpaired) electrons. The van der Waals surface area contributed by atoms with Crippen LogP contribution < -0.4 is 10.0 Å². The Bertz CT molecular complexity index is 1140. The molecule has 1 aliphatic rings. The van der Waals surface area contributed by atoms with E-state index in [1.807, 2.05) is 48.5 Å². The molecule has 1 aromatic heterocycles. The Labute approximate surface area is 198 Å². The van der Waals surface area contributed by atoms with E-state index in [1.54, 1.807) is 18.2 Å². The molecule has 0 spiro atoms. The van der Waals surface area contributed by atoms with Crippen LogP contribution >= 0.6 is 22.9 Å². The van der Waals surface area contributed by atoms with Gasteiger partial charge in [0.05, 0.1) is 0 Å². The molecule has 3 atom stereocenters. The summed E-state index contributed by atoms with van der Waals surface area (Å²) >= 11 is 4.71. The molecule has 0 aliphatic heterocycles. The lowest BCUT2D eigenvalue weighted by Crippen LogP contribution is -2.50. The predicted molar refractivity (Wildman–Crippen MR) is 129 cm³/mol. The van der Waals surface area contributed by atoms with Crippen molar-refractivity contribution >= 4 is 45.2 Å². The maximum absolute atomic E-state index is 12.7. The summed E-state index contributed by atoms with van der Waals surface area (Å²) in [6.07, 6.45) is 1.33. The number of carbonyl (C=O) groups is 1. The zero-order valence-electron chi connectivity index (χ0n) is 17.1. The molecule has 0 bridgehead atoms. The van der Waals surface area contributed by atoms with E-state index in [1.165, 1.54) is 11.3 Å². The molecule has 0 amide bonds. The van der Waals surface area contributed by atoms with Crippen molar-refractivity contribution in [2.75, 3.05) is 10.8 Å². The molecule has 6 nitrogen and oxygen atoms in total. The van der Waals surface area contributed by atoms with E-state index >= 15 is 0 Å². The van der Waals surface area contributed by atoms with Gasteiger partial charge in [0, 0.05) is 15.3 Å². The second-order valence-electron chi connectivity index (χ2n) is 7.85. The monoisotopic (exact) mass is 490 g/mol. The third kappa shape index (κ3) is 3.76. The molecule has 32 heavy (non-hydrogen) atoms. The predicted octanol–water partition coefficient (Wildman–Crippen LogP) is 4.92. The van der Waals surface area contributed by atoms with Gasteiger partial charge in [-0.15, -0.1) is 11.3 Å². The molecular weight excluding hydrogens is 468 g/mol. The van der Waals surface area contributed by atoms with Crippen molar-refractivity contribution in [2.24, 2.45) is 5.73 Å². The number of halogens is 1. The van der Waals surface area contributed by atoms with Crippen LogP contribution in [0.3, 0.4) is 0 Å². The van der Waals surface area contributed by atoms with Gasteiger partial charge in [0.2, 0.25) is 0 Å². The summed E-state index contributed by atoms with van der Waals surface area (Å²) in [7, 11) is 0. The fraction of sp³-hybridized carbons (Fsp3) is 0.261. The van der Waals surface area contributed by atoms with Crippen LogP contribution in [0, 0.1) is 0 Å². The van der Waals surface area contributed by atoms with Crippen molar-refractivity contribution in [2.45, 2.75) is 30.2 Å². The summed E-state index contributed by atoms with van der Waals surface area (Å²) < 4.78 is 24.1. The number of benzene rings is 2. The minimum absolute atomic E-state index is 0.222. The third-order valence-corrected chi connectivity index (χ3v) is 8.44. The standard InChI is InChI=1S/C23H23ClN2O4S2/c24-18-9-7-16(8-10-18)19-11-12-20(31-19)26(32(29)30)23(21(27)28)15-22(23,13-4-14-25)17-5-2-1-3-6-17/h1-3,5-12H,4,13-15,25H2,(H,27,28)(H,29,30). The lowest BCUT2D eigenvalue weighted by molar-refractivity contribution is -0.140. The molecule has 1 aliphatic carbocycles. The van der Waals surface area contributed by atoms with E-state index in [4.69, 9.17) is 17.3 Å². The highest BCUT2D eigenvalue weighted by molar-refractivity contribution is 7.81. The van der Waals surface area contributed by atoms with E-state index in [0.717, 1.165) is 20.3 Å². The second-order valence-corrected chi connectivity index (χ2v) is 10.2. The summed E-state index contributed by atoms with van der Waals surface area (Å²) in [5.41, 5.74) is 5.12. The summed E-state index contributed by atoms with van der Waals surface area (Å²) in [6.45, 7) is 0.409. The summed E-state index contributed by atoms with van der Waals surface area (Å²) in [6, 6.07) is 20.1. The quantitative estimate of drug-likeness (QED) is 0.369. The van der Waals surface area contributed by atoms with Gasteiger partial charge in [0.25, 0.3) is 11.3 Å². The number of carboxylic acid groups (broad SMARTS) is 1. The molecule has 3 unspecified atom stereocenters. The van der Waals surface area contributed by atoms with Crippen molar-refractivity contribution in [3.8, 4) is 10.4 Å². The number of rotatable bonds is 9. The number of thiophene rings is 1. The Morgan fingerprint density at radius 1 is 1.12 bits per heavy atom. The Morgan fingerprint density at radius 3 is 2.41 bits per heavy atom. The van der Waals surface area contributed by atoms with E-state index in [0.29, 0.717) is 29.4 Å². The maximum Gasteiger partial charge on any atom is 0.331 e. The second kappa shape index (κ2) is 8.96. The fourth-order valence-electron chi connectivity index (χ4n) is 4.57. The molecule has 168 valence electrons. The smallest absolute Gasteiger partial charge is 0.331 e. The van der Waals surface area contributed by atoms with Crippen LogP contribution in [0.25, 0.3) is 10.4 Å². The van der Waals surface area contributed by atoms with Gasteiger partial charge in [-0.2, -0.15) is 0 Å². The van der Waals surface area contributed by atoms with Crippen LogP contribution in [0.15, 0.2) is 66.7 Å². The fourth-order valence-corrected chi connectivity index (χ4v) is 6.79. The van der Waals surface area contributed by atoms with Gasteiger partial charge in [-0.25, -0.2) is 13.3 Å². The first-order valence-electron chi connectivity index (χ1n) is 10.1. The average molecular weight is 491 g/mol. The van der Waals surface area contributed by atoms with Crippen molar-refractivity contribution in [1.29, 1.82) is 0 Å². The third-order valence-electron chi connectivity index (χ3n) is 6.14. The SMILES string of the molecule is NCCCC1(c2ccccc2)CC1(C(=O)O)N(c1ccc(-c2ccc(Cl)cc2)s1)S(=O)O. The van der Waals surface area contributed by atoms with Crippen molar-refractivity contribution < 1.29 is 18.7 Å². The largest absolute Gasteiger partial charge is 0.479 e. The Balaban J connectivity index is 1.80. The van der Waals surface area contributed by atoms with Gasteiger partial charge >= 0.3 is 5.97 Å². The van der Waals surface area contributed by atoms with Crippen LogP contribution in [0.1, 0.15) is 24.8 Å². The highest BCUT2D eigenvalue weighted by Gasteiger charge is 2.77. The first-order valence-corrected chi connectivity index (χ1v) is 12.4. The average Bonchev–Trinajstić information content (AvgIpc) is 3.22. The molecule has 1 saturated carbocycles. The molecule has 4 rings (SSSR count). The molecular formula is C23H23ClN2O4S2. The number of anilines is 1. The van der Waals surface area contributed by atoms with Gasteiger partial charge in [0.15, 0.2) is 5.54 Å². The summed E-state index contributed by atoms with van der Waals surface area (Å²) in [5.74, 6) is -1.12. The van der Waals surface area contributed by atoms with Crippen molar-refractivity contribution in [3.05, 3.63) is 77.3 Å². The zero-order chi connectivity index (χ0) is 22.9. The highest BCUT2D eigenvalue weighted by Crippen LogP contribution is 2.65. The molecule has 2 aromatic carbocycles. The number of hydrogen-bond acceptors (Lipinski definition) is 4. The summed E-state index contributed by atoms with van der Waals surface area (Å²) in [5, 5.41) is 11.4.